The first-order valence-electron chi connectivity index (χ1n) is 4.88. The SMILES string of the molecule is CCOC(=O)c1cc(C)c(C#N)nc1C(F)F. The maximum absolute atomic E-state index is 12.7. The van der Waals surface area contributed by atoms with E-state index in [4.69, 9.17) is 5.26 Å². The molecule has 6 heteroatoms. The summed E-state index contributed by atoms with van der Waals surface area (Å²) < 4.78 is 30.0. The number of ether oxygens (including phenoxy) is 1. The van der Waals surface area contributed by atoms with E-state index in [2.05, 4.69) is 9.72 Å². The van der Waals surface area contributed by atoms with Gasteiger partial charge in [0, 0.05) is 0 Å². The summed E-state index contributed by atoms with van der Waals surface area (Å²) in [5.41, 5.74) is -0.766. The third-order valence-corrected chi connectivity index (χ3v) is 2.05. The van der Waals surface area contributed by atoms with Gasteiger partial charge in [0.25, 0.3) is 6.43 Å². The minimum Gasteiger partial charge on any atom is -0.462 e. The molecular formula is C11H10F2N2O2. The molecule has 1 aromatic rings. The Morgan fingerprint density at radius 3 is 2.76 bits per heavy atom. The van der Waals surface area contributed by atoms with Crippen LogP contribution in [-0.4, -0.2) is 17.6 Å². The van der Waals surface area contributed by atoms with Crippen molar-refractivity contribution in [3.05, 3.63) is 28.6 Å². The number of halogens is 2. The van der Waals surface area contributed by atoms with Crippen LogP contribution in [-0.2, 0) is 4.74 Å². The number of carbonyl (C=O) groups excluding carboxylic acids is 1. The van der Waals surface area contributed by atoms with Gasteiger partial charge in [-0.2, -0.15) is 5.26 Å². The Hall–Kier alpha value is -2.03. The Kier molecular flexibility index (Phi) is 4.10. The summed E-state index contributed by atoms with van der Waals surface area (Å²) in [5, 5.41) is 8.68. The molecule has 0 saturated heterocycles. The number of aromatic nitrogens is 1. The van der Waals surface area contributed by atoms with Crippen LogP contribution >= 0.6 is 0 Å². The summed E-state index contributed by atoms with van der Waals surface area (Å²) in [5.74, 6) is -0.858. The molecule has 0 spiro atoms. The Balaban J connectivity index is 3.34. The van der Waals surface area contributed by atoms with Crippen molar-refractivity contribution in [2.75, 3.05) is 6.61 Å². The highest BCUT2D eigenvalue weighted by molar-refractivity contribution is 5.91. The van der Waals surface area contributed by atoms with Gasteiger partial charge in [-0.3, -0.25) is 0 Å². The van der Waals surface area contributed by atoms with Gasteiger partial charge in [-0.1, -0.05) is 0 Å². The quantitative estimate of drug-likeness (QED) is 0.761. The van der Waals surface area contributed by atoms with Gasteiger partial charge in [-0.15, -0.1) is 0 Å². The highest BCUT2D eigenvalue weighted by atomic mass is 19.3. The average molecular weight is 240 g/mol. The zero-order chi connectivity index (χ0) is 13.0. The monoisotopic (exact) mass is 240 g/mol. The molecule has 0 aliphatic rings. The molecule has 0 bridgehead atoms. The van der Waals surface area contributed by atoms with Crippen molar-refractivity contribution in [1.29, 1.82) is 5.26 Å². The van der Waals surface area contributed by atoms with Crippen molar-refractivity contribution in [3.63, 3.8) is 0 Å². The Bertz CT molecular complexity index is 481. The van der Waals surface area contributed by atoms with Crippen LogP contribution in [0.1, 0.15) is 40.7 Å². The number of hydrogen-bond donors (Lipinski definition) is 0. The summed E-state index contributed by atoms with van der Waals surface area (Å²) >= 11 is 0. The van der Waals surface area contributed by atoms with Crippen LogP contribution < -0.4 is 0 Å². The molecule has 0 aliphatic heterocycles. The molecule has 0 unspecified atom stereocenters. The van der Waals surface area contributed by atoms with Gasteiger partial charge in [0.15, 0.2) is 0 Å². The zero-order valence-electron chi connectivity index (χ0n) is 9.33. The van der Waals surface area contributed by atoms with Crippen LogP contribution in [0.25, 0.3) is 0 Å². The van der Waals surface area contributed by atoms with Crippen molar-refractivity contribution in [2.45, 2.75) is 20.3 Å². The molecule has 4 nitrogen and oxygen atoms in total. The number of alkyl halides is 2. The number of hydrogen-bond acceptors (Lipinski definition) is 4. The maximum Gasteiger partial charge on any atom is 0.340 e. The van der Waals surface area contributed by atoms with E-state index in [-0.39, 0.29) is 17.9 Å². The lowest BCUT2D eigenvalue weighted by atomic mass is 10.1. The second kappa shape index (κ2) is 5.34. The molecular weight excluding hydrogens is 230 g/mol. The Labute approximate surface area is 96.8 Å². The van der Waals surface area contributed by atoms with E-state index >= 15 is 0 Å². The predicted molar refractivity (Wildman–Crippen MR) is 54.6 cm³/mol. The van der Waals surface area contributed by atoms with Gasteiger partial charge in [0.1, 0.15) is 17.5 Å². The van der Waals surface area contributed by atoms with Gasteiger partial charge < -0.3 is 4.74 Å². The highest BCUT2D eigenvalue weighted by Gasteiger charge is 2.23. The molecule has 1 heterocycles. The fourth-order valence-electron chi connectivity index (χ4n) is 1.28. The predicted octanol–water partition coefficient (Wildman–Crippen LogP) is 2.38. The highest BCUT2D eigenvalue weighted by Crippen LogP contribution is 2.23. The summed E-state index contributed by atoms with van der Waals surface area (Å²) in [6, 6.07) is 2.89. The first kappa shape index (κ1) is 13.0. The third-order valence-electron chi connectivity index (χ3n) is 2.05. The van der Waals surface area contributed by atoms with Crippen LogP contribution in [0.4, 0.5) is 8.78 Å². The van der Waals surface area contributed by atoms with Crippen molar-refractivity contribution in [3.8, 4) is 6.07 Å². The fraction of sp³-hybridized carbons (Fsp3) is 0.364. The Morgan fingerprint density at radius 1 is 1.65 bits per heavy atom. The van der Waals surface area contributed by atoms with E-state index in [0.29, 0.717) is 5.56 Å². The molecule has 0 atom stereocenters. The normalized spacial score (nSPS) is 10.1. The maximum atomic E-state index is 12.7. The second-order valence-electron chi connectivity index (χ2n) is 3.22. The van der Waals surface area contributed by atoms with Crippen LogP contribution in [0.2, 0.25) is 0 Å². The van der Waals surface area contributed by atoms with E-state index in [1.54, 1.807) is 13.0 Å². The number of aryl methyl sites for hydroxylation is 1. The number of pyridine rings is 1. The van der Waals surface area contributed by atoms with E-state index in [9.17, 15) is 13.6 Å². The first-order valence-corrected chi connectivity index (χ1v) is 4.88. The van der Waals surface area contributed by atoms with Crippen LogP contribution in [0.3, 0.4) is 0 Å². The van der Waals surface area contributed by atoms with Crippen molar-refractivity contribution < 1.29 is 18.3 Å². The molecule has 90 valence electrons. The van der Waals surface area contributed by atoms with Gasteiger partial charge >= 0.3 is 5.97 Å². The largest absolute Gasteiger partial charge is 0.462 e. The molecule has 1 aromatic heterocycles. The lowest BCUT2D eigenvalue weighted by molar-refractivity contribution is 0.0513. The van der Waals surface area contributed by atoms with E-state index in [1.165, 1.54) is 13.0 Å². The lowest BCUT2D eigenvalue weighted by Crippen LogP contribution is -2.12. The molecule has 0 aliphatic carbocycles. The van der Waals surface area contributed by atoms with Gasteiger partial charge in [0.2, 0.25) is 0 Å². The van der Waals surface area contributed by atoms with Crippen LogP contribution in [0.5, 0.6) is 0 Å². The molecule has 0 amide bonds. The van der Waals surface area contributed by atoms with E-state index in [0.717, 1.165) is 0 Å². The van der Waals surface area contributed by atoms with E-state index in [1.807, 2.05) is 0 Å². The number of nitriles is 1. The fourth-order valence-corrected chi connectivity index (χ4v) is 1.28. The second-order valence-corrected chi connectivity index (χ2v) is 3.22. The molecule has 0 saturated carbocycles. The summed E-state index contributed by atoms with van der Waals surface area (Å²) in [6.07, 6.45) is -2.93. The van der Waals surface area contributed by atoms with Crippen LogP contribution in [0.15, 0.2) is 6.07 Å². The standard InChI is InChI=1S/C11H10F2N2O2/c1-3-17-11(16)7-4-6(2)8(5-14)15-9(7)10(12)13/h4,10H,3H2,1-2H3. The summed E-state index contributed by atoms with van der Waals surface area (Å²) in [7, 11) is 0. The number of nitrogens with zero attached hydrogens (tertiary/aromatic N) is 2. The van der Waals surface area contributed by atoms with Crippen molar-refractivity contribution >= 4 is 5.97 Å². The summed E-state index contributed by atoms with van der Waals surface area (Å²) in [6.45, 7) is 3.17. The van der Waals surface area contributed by atoms with Gasteiger partial charge in [-0.25, -0.2) is 18.6 Å². The summed E-state index contributed by atoms with van der Waals surface area (Å²) in [4.78, 5) is 14.9. The smallest absolute Gasteiger partial charge is 0.340 e. The average Bonchev–Trinajstić information content (AvgIpc) is 2.28. The van der Waals surface area contributed by atoms with Crippen molar-refractivity contribution in [2.24, 2.45) is 0 Å². The molecule has 1 rings (SSSR count). The molecule has 0 radical (unpaired) electrons. The van der Waals surface area contributed by atoms with Crippen LogP contribution in [0, 0.1) is 18.3 Å². The number of rotatable bonds is 3. The molecule has 0 N–H and O–H groups in total. The third kappa shape index (κ3) is 2.75. The van der Waals surface area contributed by atoms with E-state index < -0.39 is 18.1 Å². The van der Waals surface area contributed by atoms with Gasteiger partial charge in [0.05, 0.1) is 12.2 Å². The molecule has 0 aromatic carbocycles. The zero-order valence-corrected chi connectivity index (χ0v) is 9.33. The minimum absolute atomic E-state index is 0.0839. The Morgan fingerprint density at radius 2 is 2.29 bits per heavy atom. The van der Waals surface area contributed by atoms with Crippen molar-refractivity contribution in [1.82, 2.24) is 4.98 Å². The van der Waals surface area contributed by atoms with Gasteiger partial charge in [-0.05, 0) is 25.5 Å². The number of carbonyl (C=O) groups is 1. The molecule has 17 heavy (non-hydrogen) atoms. The molecule has 0 fully saturated rings. The minimum atomic E-state index is -2.93. The lowest BCUT2D eigenvalue weighted by Gasteiger charge is -2.09. The topological polar surface area (TPSA) is 63.0 Å². The first-order chi connectivity index (χ1) is 8.01. The number of esters is 1.